The lowest BCUT2D eigenvalue weighted by Crippen LogP contribution is -2.26. The van der Waals surface area contributed by atoms with Gasteiger partial charge in [-0.15, -0.1) is 0 Å². The fourth-order valence-electron chi connectivity index (χ4n) is 17.9. The van der Waals surface area contributed by atoms with E-state index in [1.165, 1.54) is 175 Å². The van der Waals surface area contributed by atoms with Crippen molar-refractivity contribution in [2.24, 2.45) is 0 Å². The largest absolute Gasteiger partial charge is 0.309 e. The van der Waals surface area contributed by atoms with Gasteiger partial charge in [-0.3, -0.25) is 0 Å². The van der Waals surface area contributed by atoms with E-state index in [2.05, 4.69) is 334 Å². The second-order valence-corrected chi connectivity index (χ2v) is 25.8. The molecule has 4 heteroatoms. The SMILES string of the molecule is c1ccc2c(c1)-c1cc(-n3c4ccccc4c4c5ccccc5c5c(c6ccccc6n5-c5ccc6ccccc6c5)c43)ccc1C21c2ccccc2-c2ccc(-n3c4ccccc4c4c5ccccc5c5c(c6ccccc6n5-c5ccc6ccccc6c5)c43)cc21. The summed E-state index contributed by atoms with van der Waals surface area (Å²) in [6, 6.07) is 119. The Balaban J connectivity index is 0.820. The predicted molar refractivity (Wildman–Crippen MR) is 390 cm³/mol. The normalized spacial score (nSPS) is 14.3. The molecule has 4 heterocycles. The van der Waals surface area contributed by atoms with Gasteiger partial charge >= 0.3 is 0 Å². The summed E-state index contributed by atoms with van der Waals surface area (Å²) < 4.78 is 10.3. The second-order valence-electron chi connectivity index (χ2n) is 25.8. The van der Waals surface area contributed by atoms with Crippen molar-refractivity contribution in [2.75, 3.05) is 0 Å². The molecule has 4 aromatic heterocycles. The minimum atomic E-state index is -0.628. The van der Waals surface area contributed by atoms with Crippen molar-refractivity contribution in [2.45, 2.75) is 5.41 Å². The molecule has 0 saturated carbocycles. The van der Waals surface area contributed by atoms with E-state index >= 15 is 0 Å². The highest BCUT2D eigenvalue weighted by Crippen LogP contribution is 2.64. The van der Waals surface area contributed by atoms with Crippen LogP contribution in [0.15, 0.2) is 315 Å². The van der Waals surface area contributed by atoms with Crippen LogP contribution in [0.25, 0.3) is 175 Å². The summed E-state index contributed by atoms with van der Waals surface area (Å²) in [5, 5.41) is 19.8. The van der Waals surface area contributed by atoms with E-state index in [9.17, 15) is 0 Å². The van der Waals surface area contributed by atoms with Gasteiger partial charge in [0.1, 0.15) is 0 Å². The Morgan fingerprint density at radius 1 is 0.183 bits per heavy atom. The summed E-state index contributed by atoms with van der Waals surface area (Å²) in [7, 11) is 0. The minimum Gasteiger partial charge on any atom is -0.309 e. The van der Waals surface area contributed by atoms with Crippen LogP contribution < -0.4 is 0 Å². The molecular weight excluding hydrogens is 1130 g/mol. The third-order valence-electron chi connectivity index (χ3n) is 21.4. The molecule has 1 unspecified atom stereocenters. The monoisotopic (exact) mass is 1180 g/mol. The molecule has 0 bridgehead atoms. The van der Waals surface area contributed by atoms with Crippen molar-refractivity contribution in [1.82, 2.24) is 18.3 Å². The zero-order chi connectivity index (χ0) is 60.4. The zero-order valence-electron chi connectivity index (χ0n) is 50.3. The number of fused-ring (bicyclic) bond motifs is 32. The first kappa shape index (κ1) is 49.6. The molecule has 20 aromatic rings. The molecule has 0 aliphatic heterocycles. The third-order valence-corrected chi connectivity index (χ3v) is 21.4. The summed E-state index contributed by atoms with van der Waals surface area (Å²) in [4.78, 5) is 0. The predicted octanol–water partition coefficient (Wildman–Crippen LogP) is 23.0. The molecule has 16 aromatic carbocycles. The van der Waals surface area contributed by atoms with E-state index in [1.807, 2.05) is 0 Å². The number of benzene rings is 16. The van der Waals surface area contributed by atoms with E-state index in [1.54, 1.807) is 0 Å². The van der Waals surface area contributed by atoms with Crippen LogP contribution in [0.2, 0.25) is 0 Å². The maximum absolute atomic E-state index is 2.61. The fraction of sp³-hybridized carbons (Fsp3) is 0.0112. The van der Waals surface area contributed by atoms with E-state index in [4.69, 9.17) is 0 Å². The number of hydrogen-bond acceptors (Lipinski definition) is 0. The van der Waals surface area contributed by atoms with Crippen molar-refractivity contribution in [3.63, 3.8) is 0 Å². The first-order valence-corrected chi connectivity index (χ1v) is 32.4. The Hall–Kier alpha value is -12.2. The summed E-state index contributed by atoms with van der Waals surface area (Å²) in [6.45, 7) is 0. The van der Waals surface area contributed by atoms with Crippen molar-refractivity contribution in [3.8, 4) is 45.0 Å². The smallest absolute Gasteiger partial charge is 0.0726 e. The Kier molecular flexibility index (Phi) is 9.61. The van der Waals surface area contributed by atoms with Gasteiger partial charge in [-0.1, -0.05) is 243 Å². The second kappa shape index (κ2) is 18.0. The van der Waals surface area contributed by atoms with Crippen LogP contribution in [0.3, 0.4) is 0 Å². The van der Waals surface area contributed by atoms with Gasteiger partial charge in [-0.2, -0.15) is 0 Å². The van der Waals surface area contributed by atoms with Gasteiger partial charge in [0.05, 0.1) is 49.5 Å². The van der Waals surface area contributed by atoms with Crippen LogP contribution in [-0.4, -0.2) is 18.3 Å². The topological polar surface area (TPSA) is 19.7 Å². The number of hydrogen-bond donors (Lipinski definition) is 0. The van der Waals surface area contributed by atoms with Crippen molar-refractivity contribution in [1.29, 1.82) is 0 Å². The quantitative estimate of drug-likeness (QED) is 0.167. The van der Waals surface area contributed by atoms with Gasteiger partial charge in [0.15, 0.2) is 0 Å². The van der Waals surface area contributed by atoms with Crippen molar-refractivity contribution in [3.05, 3.63) is 338 Å². The van der Waals surface area contributed by atoms with Crippen LogP contribution in [0.5, 0.6) is 0 Å². The van der Waals surface area contributed by atoms with E-state index in [-0.39, 0.29) is 0 Å². The Bertz CT molecular complexity index is 6760. The van der Waals surface area contributed by atoms with Crippen LogP contribution in [0, 0.1) is 0 Å². The van der Waals surface area contributed by atoms with Gasteiger partial charge in [0.25, 0.3) is 0 Å². The summed E-state index contributed by atoms with van der Waals surface area (Å²) in [5.41, 5.74) is 23.8. The molecule has 428 valence electrons. The van der Waals surface area contributed by atoms with Crippen molar-refractivity contribution >= 4 is 130 Å². The molecule has 1 atom stereocenters. The minimum absolute atomic E-state index is 0.628. The lowest BCUT2D eigenvalue weighted by Gasteiger charge is -2.31. The summed E-state index contributed by atoms with van der Waals surface area (Å²) in [6.07, 6.45) is 0. The molecule has 2 aliphatic rings. The van der Waals surface area contributed by atoms with Crippen LogP contribution in [-0.2, 0) is 5.41 Å². The Morgan fingerprint density at radius 2 is 0.505 bits per heavy atom. The Labute approximate surface area is 533 Å². The average Bonchev–Trinajstić information content (AvgIpc) is 1.55. The van der Waals surface area contributed by atoms with Crippen LogP contribution >= 0.6 is 0 Å². The summed E-state index contributed by atoms with van der Waals surface area (Å²) >= 11 is 0. The van der Waals surface area contributed by atoms with Gasteiger partial charge in [-0.25, -0.2) is 0 Å². The van der Waals surface area contributed by atoms with Crippen molar-refractivity contribution < 1.29 is 0 Å². The van der Waals surface area contributed by atoms with E-state index in [0.717, 1.165) is 22.7 Å². The lowest BCUT2D eigenvalue weighted by atomic mass is 9.70. The maximum Gasteiger partial charge on any atom is 0.0726 e. The van der Waals surface area contributed by atoms with Gasteiger partial charge in [0.2, 0.25) is 0 Å². The molecule has 22 rings (SSSR count). The molecule has 0 amide bonds. The highest BCUT2D eigenvalue weighted by molar-refractivity contribution is 6.38. The molecule has 2 aliphatic carbocycles. The molecular formula is C89H52N4. The highest BCUT2D eigenvalue weighted by Gasteiger charge is 2.52. The molecule has 1 spiro atoms. The molecule has 0 N–H and O–H groups in total. The third kappa shape index (κ3) is 6.25. The first-order chi connectivity index (χ1) is 46.2. The van der Waals surface area contributed by atoms with Crippen LogP contribution in [0.4, 0.5) is 0 Å². The molecule has 93 heavy (non-hydrogen) atoms. The Morgan fingerprint density at radius 3 is 1.00 bits per heavy atom. The van der Waals surface area contributed by atoms with Gasteiger partial charge < -0.3 is 18.3 Å². The number of rotatable bonds is 4. The average molecular weight is 1180 g/mol. The summed E-state index contributed by atoms with van der Waals surface area (Å²) in [5.74, 6) is 0. The highest BCUT2D eigenvalue weighted by atomic mass is 15.0. The van der Waals surface area contributed by atoms with Gasteiger partial charge in [0, 0.05) is 76.6 Å². The van der Waals surface area contributed by atoms with E-state index < -0.39 is 5.41 Å². The lowest BCUT2D eigenvalue weighted by molar-refractivity contribution is 0.792. The number of para-hydroxylation sites is 4. The standard InChI is InChI=1S/C89H52N4/c1-3-23-55-49-57(43-41-53(55)21-1)90-79-39-19-13-33-70(79)83-85(90)66-29-7-5-27-64(66)81-68-31-11-17-37-77(68)92(87(81)83)59-46-48-75-72(51-59)62-26-10-16-36-74(62)89(75)73-35-15-9-25-61(73)63-47-45-60(52-76(63)89)93-78-38-18-12-32-69(78)82-65-28-6-8-30-67(65)86-84(88(82)93)71-34-14-20-40-80(71)91(86)58-44-42-54-22-2-4-24-56(54)50-58/h1-52H. The first-order valence-electron chi connectivity index (χ1n) is 32.4. The number of nitrogens with zero attached hydrogens (tertiary/aromatic N) is 4. The fourth-order valence-corrected chi connectivity index (χ4v) is 17.9. The van der Waals surface area contributed by atoms with Gasteiger partial charge in [-0.05, 0) is 150 Å². The molecule has 0 radical (unpaired) electrons. The maximum atomic E-state index is 2.61. The molecule has 0 saturated heterocycles. The van der Waals surface area contributed by atoms with Crippen LogP contribution in [0.1, 0.15) is 22.3 Å². The number of aromatic nitrogens is 4. The molecule has 0 fully saturated rings. The van der Waals surface area contributed by atoms with E-state index in [0.29, 0.717) is 0 Å². The molecule has 4 nitrogen and oxygen atoms in total. The zero-order valence-corrected chi connectivity index (χ0v) is 50.3.